The fourth-order valence-electron chi connectivity index (χ4n) is 1.19. The van der Waals surface area contributed by atoms with Crippen molar-refractivity contribution in [1.29, 1.82) is 0 Å². The minimum atomic E-state index is -0.135. The zero-order valence-electron chi connectivity index (χ0n) is 9.91. The molecule has 0 aliphatic rings. The van der Waals surface area contributed by atoms with Crippen LogP contribution in [-0.4, -0.2) is 22.3 Å². The molecular weight excluding hydrogens is 188 g/mol. The van der Waals surface area contributed by atoms with Crippen molar-refractivity contribution in [2.45, 2.75) is 33.2 Å². The summed E-state index contributed by atoms with van der Waals surface area (Å²) < 4.78 is 0. The Bertz CT molecular complexity index is 307. The van der Waals surface area contributed by atoms with Crippen LogP contribution in [0.25, 0.3) is 0 Å². The Morgan fingerprint density at radius 3 is 2.47 bits per heavy atom. The van der Waals surface area contributed by atoms with Gasteiger partial charge in [-0.3, -0.25) is 0 Å². The molecule has 0 bridgehead atoms. The summed E-state index contributed by atoms with van der Waals surface area (Å²) in [4.78, 5) is 0. The van der Waals surface area contributed by atoms with Gasteiger partial charge in [-0.15, -0.1) is 5.10 Å². The van der Waals surface area contributed by atoms with Crippen molar-refractivity contribution in [3.63, 3.8) is 0 Å². The van der Waals surface area contributed by atoms with Gasteiger partial charge in [0.2, 0.25) is 0 Å². The summed E-state index contributed by atoms with van der Waals surface area (Å²) in [7, 11) is 0. The van der Waals surface area contributed by atoms with E-state index < -0.39 is 0 Å². The summed E-state index contributed by atoms with van der Waals surface area (Å²) in [5.41, 5.74) is 6.56. The second-order valence-corrected chi connectivity index (χ2v) is 4.46. The lowest BCUT2D eigenvalue weighted by atomic mass is 9.88. The van der Waals surface area contributed by atoms with Crippen molar-refractivity contribution in [1.82, 2.24) is 10.2 Å². The van der Waals surface area contributed by atoms with Crippen molar-refractivity contribution in [2.75, 3.05) is 11.9 Å². The Kier molecular flexibility index (Phi) is 3.63. The SMILES string of the molecule is Cc1ccc(NC(C)(CN)C(C)C)nn1. The molecule has 1 unspecified atom stereocenters. The molecule has 0 aliphatic heterocycles. The molecule has 0 saturated heterocycles. The number of nitrogens with two attached hydrogens (primary N) is 1. The average molecular weight is 208 g/mol. The van der Waals surface area contributed by atoms with Crippen molar-refractivity contribution in [2.24, 2.45) is 11.7 Å². The third-order valence-electron chi connectivity index (χ3n) is 2.91. The lowest BCUT2D eigenvalue weighted by Gasteiger charge is -2.33. The molecule has 0 amide bonds. The number of aromatic nitrogens is 2. The highest BCUT2D eigenvalue weighted by atomic mass is 15.2. The molecule has 1 rings (SSSR count). The Labute approximate surface area is 91.3 Å². The second-order valence-electron chi connectivity index (χ2n) is 4.46. The average Bonchev–Trinajstić information content (AvgIpc) is 2.21. The second kappa shape index (κ2) is 4.57. The first-order valence-corrected chi connectivity index (χ1v) is 5.26. The minimum absolute atomic E-state index is 0.135. The van der Waals surface area contributed by atoms with E-state index in [4.69, 9.17) is 5.73 Å². The largest absolute Gasteiger partial charge is 0.362 e. The molecule has 4 nitrogen and oxygen atoms in total. The quantitative estimate of drug-likeness (QED) is 0.788. The molecule has 1 atom stereocenters. The lowest BCUT2D eigenvalue weighted by molar-refractivity contribution is 0.381. The van der Waals surface area contributed by atoms with E-state index in [0.29, 0.717) is 12.5 Å². The fourth-order valence-corrected chi connectivity index (χ4v) is 1.19. The topological polar surface area (TPSA) is 63.8 Å². The van der Waals surface area contributed by atoms with E-state index >= 15 is 0 Å². The van der Waals surface area contributed by atoms with Crippen molar-refractivity contribution in [3.8, 4) is 0 Å². The molecule has 3 N–H and O–H groups in total. The van der Waals surface area contributed by atoms with Gasteiger partial charge in [0, 0.05) is 6.54 Å². The van der Waals surface area contributed by atoms with E-state index in [2.05, 4.69) is 36.3 Å². The van der Waals surface area contributed by atoms with Crippen LogP contribution in [0.15, 0.2) is 12.1 Å². The van der Waals surface area contributed by atoms with Crippen LogP contribution in [-0.2, 0) is 0 Å². The zero-order valence-corrected chi connectivity index (χ0v) is 9.91. The van der Waals surface area contributed by atoms with Gasteiger partial charge in [0.15, 0.2) is 0 Å². The Hall–Kier alpha value is -1.16. The summed E-state index contributed by atoms with van der Waals surface area (Å²) in [5.74, 6) is 1.22. The number of hydrogen-bond donors (Lipinski definition) is 2. The van der Waals surface area contributed by atoms with Crippen molar-refractivity contribution >= 4 is 5.82 Å². The molecule has 0 fully saturated rings. The van der Waals surface area contributed by atoms with E-state index in [1.54, 1.807) is 0 Å². The lowest BCUT2D eigenvalue weighted by Crippen LogP contribution is -2.47. The third kappa shape index (κ3) is 2.89. The molecule has 0 saturated carbocycles. The Morgan fingerprint density at radius 1 is 1.40 bits per heavy atom. The first kappa shape index (κ1) is 11.9. The van der Waals surface area contributed by atoms with Crippen molar-refractivity contribution in [3.05, 3.63) is 17.8 Å². The van der Waals surface area contributed by atoms with Gasteiger partial charge in [0.25, 0.3) is 0 Å². The first-order chi connectivity index (χ1) is 6.98. The normalized spacial score (nSPS) is 15.1. The smallest absolute Gasteiger partial charge is 0.149 e. The maximum atomic E-state index is 5.78. The molecule has 1 heterocycles. The van der Waals surface area contributed by atoms with Crippen LogP contribution in [0.1, 0.15) is 26.5 Å². The van der Waals surface area contributed by atoms with Gasteiger partial charge in [0.05, 0.1) is 11.2 Å². The molecule has 0 aromatic carbocycles. The van der Waals surface area contributed by atoms with Gasteiger partial charge in [0.1, 0.15) is 5.82 Å². The van der Waals surface area contributed by atoms with Gasteiger partial charge in [-0.2, -0.15) is 5.10 Å². The Morgan fingerprint density at radius 2 is 2.07 bits per heavy atom. The summed E-state index contributed by atoms with van der Waals surface area (Å²) in [5, 5.41) is 11.4. The number of aryl methyl sites for hydroxylation is 1. The summed E-state index contributed by atoms with van der Waals surface area (Å²) in [6.07, 6.45) is 0. The molecular formula is C11H20N4. The number of nitrogens with zero attached hydrogens (tertiary/aromatic N) is 2. The summed E-state index contributed by atoms with van der Waals surface area (Å²) in [6.45, 7) is 8.86. The van der Waals surface area contributed by atoms with Crippen LogP contribution in [0.3, 0.4) is 0 Å². The van der Waals surface area contributed by atoms with Crippen LogP contribution < -0.4 is 11.1 Å². The highest BCUT2D eigenvalue weighted by Crippen LogP contribution is 2.20. The van der Waals surface area contributed by atoms with E-state index in [0.717, 1.165) is 11.5 Å². The van der Waals surface area contributed by atoms with Crippen LogP contribution >= 0.6 is 0 Å². The van der Waals surface area contributed by atoms with E-state index in [1.165, 1.54) is 0 Å². The van der Waals surface area contributed by atoms with E-state index in [1.807, 2.05) is 19.1 Å². The maximum Gasteiger partial charge on any atom is 0.149 e. The van der Waals surface area contributed by atoms with Gasteiger partial charge in [-0.1, -0.05) is 13.8 Å². The monoisotopic (exact) mass is 208 g/mol. The zero-order chi connectivity index (χ0) is 11.5. The van der Waals surface area contributed by atoms with Gasteiger partial charge >= 0.3 is 0 Å². The molecule has 0 spiro atoms. The molecule has 0 aliphatic carbocycles. The fraction of sp³-hybridized carbons (Fsp3) is 0.636. The van der Waals surface area contributed by atoms with E-state index in [9.17, 15) is 0 Å². The standard InChI is InChI=1S/C11H20N4/c1-8(2)11(4,7-12)13-10-6-5-9(3)14-15-10/h5-6,8H,7,12H2,1-4H3,(H,13,15). The maximum absolute atomic E-state index is 5.78. The van der Waals surface area contributed by atoms with Crippen LogP contribution in [0.5, 0.6) is 0 Å². The van der Waals surface area contributed by atoms with Crippen molar-refractivity contribution < 1.29 is 0 Å². The predicted octanol–water partition coefficient (Wildman–Crippen LogP) is 1.57. The molecule has 4 heteroatoms. The number of anilines is 1. The highest BCUT2D eigenvalue weighted by molar-refractivity contribution is 5.36. The van der Waals surface area contributed by atoms with Crippen LogP contribution in [0.2, 0.25) is 0 Å². The minimum Gasteiger partial charge on any atom is -0.362 e. The summed E-state index contributed by atoms with van der Waals surface area (Å²) in [6, 6.07) is 3.87. The molecule has 1 aromatic rings. The van der Waals surface area contributed by atoms with Gasteiger partial charge in [-0.25, -0.2) is 0 Å². The molecule has 15 heavy (non-hydrogen) atoms. The first-order valence-electron chi connectivity index (χ1n) is 5.26. The highest BCUT2D eigenvalue weighted by Gasteiger charge is 2.26. The molecule has 0 radical (unpaired) electrons. The van der Waals surface area contributed by atoms with Crippen LogP contribution in [0, 0.1) is 12.8 Å². The number of hydrogen-bond acceptors (Lipinski definition) is 4. The van der Waals surface area contributed by atoms with Gasteiger partial charge < -0.3 is 11.1 Å². The number of rotatable bonds is 4. The predicted molar refractivity (Wildman–Crippen MR) is 62.7 cm³/mol. The molecule has 84 valence electrons. The van der Waals surface area contributed by atoms with Gasteiger partial charge in [-0.05, 0) is 31.9 Å². The third-order valence-corrected chi connectivity index (χ3v) is 2.91. The van der Waals surface area contributed by atoms with Crippen LogP contribution in [0.4, 0.5) is 5.82 Å². The Balaban J connectivity index is 2.79. The van der Waals surface area contributed by atoms with E-state index in [-0.39, 0.29) is 5.54 Å². The molecule has 1 aromatic heterocycles. The summed E-state index contributed by atoms with van der Waals surface area (Å²) >= 11 is 0. The number of nitrogens with one attached hydrogen (secondary N) is 1.